The van der Waals surface area contributed by atoms with Crippen LogP contribution in [0, 0.1) is 0 Å². The van der Waals surface area contributed by atoms with E-state index in [1.807, 2.05) is 0 Å². The van der Waals surface area contributed by atoms with E-state index in [4.69, 9.17) is 23.2 Å². The molecule has 3 heterocycles. The average molecular weight is 348 g/mol. The standard InChI is InChI=1S/C14H19Cl2N3OS/c1-18-7-10-5-9(18)8-19(10)4-2-3-17-14(20)11-6-12(15)21-13(11)16/h6,9-10H,2-5,7-8H2,1H3,(H,17,20). The van der Waals surface area contributed by atoms with E-state index in [0.717, 1.165) is 19.0 Å². The molecule has 0 saturated carbocycles. The van der Waals surface area contributed by atoms with Crippen molar-refractivity contribution in [3.63, 3.8) is 0 Å². The van der Waals surface area contributed by atoms with Crippen LogP contribution in [0.1, 0.15) is 23.2 Å². The number of rotatable bonds is 5. The lowest BCUT2D eigenvalue weighted by molar-refractivity contribution is 0.0949. The largest absolute Gasteiger partial charge is 0.352 e. The van der Waals surface area contributed by atoms with Gasteiger partial charge >= 0.3 is 0 Å². The third-order valence-corrected chi connectivity index (χ3v) is 5.92. The Bertz CT molecular complexity index is 534. The lowest BCUT2D eigenvalue weighted by atomic mass is 10.2. The van der Waals surface area contributed by atoms with Gasteiger partial charge in [0.15, 0.2) is 0 Å². The molecule has 2 aliphatic rings. The van der Waals surface area contributed by atoms with Gasteiger partial charge < -0.3 is 10.2 Å². The van der Waals surface area contributed by atoms with E-state index in [-0.39, 0.29) is 5.91 Å². The first kappa shape index (κ1) is 15.6. The molecule has 0 spiro atoms. The Morgan fingerprint density at radius 3 is 2.81 bits per heavy atom. The van der Waals surface area contributed by atoms with Crippen LogP contribution in [0.4, 0.5) is 0 Å². The predicted octanol–water partition coefficient (Wildman–Crippen LogP) is 2.56. The summed E-state index contributed by atoms with van der Waals surface area (Å²) in [6.45, 7) is 4.07. The molecule has 2 fully saturated rings. The normalized spacial score (nSPS) is 25.7. The molecule has 0 aliphatic carbocycles. The van der Waals surface area contributed by atoms with Gasteiger partial charge in [0.25, 0.3) is 5.91 Å². The number of carbonyl (C=O) groups is 1. The Hall–Kier alpha value is -0.330. The molecule has 2 unspecified atom stereocenters. The van der Waals surface area contributed by atoms with E-state index >= 15 is 0 Å². The van der Waals surface area contributed by atoms with Crippen molar-refractivity contribution < 1.29 is 4.79 Å². The summed E-state index contributed by atoms with van der Waals surface area (Å²) in [5.41, 5.74) is 0.480. The Kier molecular flexibility index (Phi) is 4.76. The Morgan fingerprint density at radius 1 is 1.43 bits per heavy atom. The van der Waals surface area contributed by atoms with E-state index in [1.54, 1.807) is 6.07 Å². The van der Waals surface area contributed by atoms with E-state index in [0.29, 0.717) is 26.8 Å². The minimum Gasteiger partial charge on any atom is -0.352 e. The van der Waals surface area contributed by atoms with Gasteiger partial charge in [-0.05, 0) is 26.0 Å². The van der Waals surface area contributed by atoms with Crippen LogP contribution < -0.4 is 5.32 Å². The van der Waals surface area contributed by atoms with Crippen LogP contribution in [0.2, 0.25) is 8.67 Å². The minimum atomic E-state index is -0.133. The van der Waals surface area contributed by atoms with Crippen LogP contribution in [0.3, 0.4) is 0 Å². The molecule has 116 valence electrons. The van der Waals surface area contributed by atoms with Crippen LogP contribution in [-0.2, 0) is 0 Å². The second-order valence-corrected chi connectivity index (χ2v) is 8.11. The Labute approximate surface area is 139 Å². The quantitative estimate of drug-likeness (QED) is 0.831. The molecular weight excluding hydrogens is 329 g/mol. The molecule has 2 saturated heterocycles. The molecule has 3 rings (SSSR count). The first-order valence-corrected chi connectivity index (χ1v) is 8.79. The average Bonchev–Trinajstić information content (AvgIpc) is 3.08. The summed E-state index contributed by atoms with van der Waals surface area (Å²) in [5, 5.41) is 2.92. The highest BCUT2D eigenvalue weighted by atomic mass is 35.5. The summed E-state index contributed by atoms with van der Waals surface area (Å²) in [7, 11) is 2.21. The zero-order valence-electron chi connectivity index (χ0n) is 11.9. The molecule has 2 bridgehead atoms. The molecule has 7 heteroatoms. The monoisotopic (exact) mass is 347 g/mol. The molecule has 1 aromatic rings. The van der Waals surface area contributed by atoms with Crippen molar-refractivity contribution in [2.75, 3.05) is 33.2 Å². The molecular formula is C14H19Cl2N3OS. The molecule has 2 atom stereocenters. The number of carbonyl (C=O) groups excluding carboxylic acids is 1. The highest BCUT2D eigenvalue weighted by molar-refractivity contribution is 7.20. The fourth-order valence-electron chi connectivity index (χ4n) is 3.30. The van der Waals surface area contributed by atoms with Gasteiger partial charge in [0.1, 0.15) is 4.34 Å². The van der Waals surface area contributed by atoms with Crippen molar-refractivity contribution in [3.05, 3.63) is 20.3 Å². The minimum absolute atomic E-state index is 0.133. The van der Waals surface area contributed by atoms with Gasteiger partial charge in [0.05, 0.1) is 9.90 Å². The first-order valence-electron chi connectivity index (χ1n) is 7.22. The number of fused-ring (bicyclic) bond motifs is 2. The Balaban J connectivity index is 1.39. The molecule has 4 nitrogen and oxygen atoms in total. The zero-order valence-corrected chi connectivity index (χ0v) is 14.3. The molecule has 0 aromatic carbocycles. The number of thiophene rings is 1. The van der Waals surface area contributed by atoms with Gasteiger partial charge in [0, 0.05) is 38.3 Å². The summed E-state index contributed by atoms with van der Waals surface area (Å²) >= 11 is 13.0. The van der Waals surface area contributed by atoms with Gasteiger partial charge in [0.2, 0.25) is 0 Å². The first-order chi connectivity index (χ1) is 10.0. The van der Waals surface area contributed by atoms with Gasteiger partial charge in [-0.15, -0.1) is 11.3 Å². The van der Waals surface area contributed by atoms with Gasteiger partial charge in [-0.3, -0.25) is 9.69 Å². The van der Waals surface area contributed by atoms with Crippen LogP contribution >= 0.6 is 34.5 Å². The van der Waals surface area contributed by atoms with Crippen LogP contribution in [0.5, 0.6) is 0 Å². The third-order valence-electron chi connectivity index (χ3n) is 4.44. The van der Waals surface area contributed by atoms with E-state index in [9.17, 15) is 4.79 Å². The number of nitrogens with zero attached hydrogens (tertiary/aromatic N) is 2. The molecule has 1 N–H and O–H groups in total. The fourth-order valence-corrected chi connectivity index (χ4v) is 4.75. The van der Waals surface area contributed by atoms with Crippen molar-refractivity contribution in [2.45, 2.75) is 24.9 Å². The maximum atomic E-state index is 12.0. The topological polar surface area (TPSA) is 35.6 Å². The van der Waals surface area contributed by atoms with Crippen molar-refractivity contribution in [3.8, 4) is 0 Å². The third kappa shape index (κ3) is 3.37. The SMILES string of the molecule is CN1CC2CC1CN2CCCNC(=O)c1cc(Cl)sc1Cl. The highest BCUT2D eigenvalue weighted by Gasteiger charge is 2.40. The molecule has 1 amide bonds. The molecule has 0 radical (unpaired) electrons. The zero-order chi connectivity index (χ0) is 15.0. The number of nitrogens with one attached hydrogen (secondary N) is 1. The maximum Gasteiger partial charge on any atom is 0.253 e. The number of hydrogen-bond acceptors (Lipinski definition) is 4. The summed E-state index contributed by atoms with van der Waals surface area (Å²) in [5.74, 6) is -0.133. The lowest BCUT2D eigenvalue weighted by Crippen LogP contribution is -2.45. The molecule has 2 aliphatic heterocycles. The van der Waals surface area contributed by atoms with Crippen molar-refractivity contribution in [2.24, 2.45) is 0 Å². The summed E-state index contributed by atoms with van der Waals surface area (Å²) in [4.78, 5) is 17.0. The van der Waals surface area contributed by atoms with Gasteiger partial charge in [-0.25, -0.2) is 0 Å². The van der Waals surface area contributed by atoms with Crippen molar-refractivity contribution in [1.82, 2.24) is 15.1 Å². The molecule has 21 heavy (non-hydrogen) atoms. The number of likely N-dealkylation sites (tertiary alicyclic amines) is 2. The van der Waals surface area contributed by atoms with Crippen LogP contribution in [0.25, 0.3) is 0 Å². The maximum absolute atomic E-state index is 12.0. The number of likely N-dealkylation sites (N-methyl/N-ethyl adjacent to an activating group) is 1. The number of piperazine rings is 1. The van der Waals surface area contributed by atoms with Gasteiger partial charge in [-0.2, -0.15) is 0 Å². The number of hydrogen-bond donors (Lipinski definition) is 1. The van der Waals surface area contributed by atoms with Gasteiger partial charge in [-0.1, -0.05) is 23.2 Å². The number of halogens is 2. The highest BCUT2D eigenvalue weighted by Crippen LogP contribution is 2.31. The van der Waals surface area contributed by atoms with Crippen LogP contribution in [-0.4, -0.2) is 61.0 Å². The van der Waals surface area contributed by atoms with Crippen molar-refractivity contribution in [1.29, 1.82) is 0 Å². The summed E-state index contributed by atoms with van der Waals surface area (Å²) in [6, 6.07) is 3.07. The van der Waals surface area contributed by atoms with E-state index < -0.39 is 0 Å². The summed E-state index contributed by atoms with van der Waals surface area (Å²) < 4.78 is 1.000. The lowest BCUT2D eigenvalue weighted by Gasteiger charge is -2.31. The van der Waals surface area contributed by atoms with Crippen molar-refractivity contribution >= 4 is 40.4 Å². The summed E-state index contributed by atoms with van der Waals surface area (Å²) in [6.07, 6.45) is 2.26. The molecule has 1 aromatic heterocycles. The fraction of sp³-hybridized carbons (Fsp3) is 0.643. The second kappa shape index (κ2) is 6.42. The van der Waals surface area contributed by atoms with E-state index in [2.05, 4.69) is 22.2 Å². The smallest absolute Gasteiger partial charge is 0.253 e. The number of amides is 1. The predicted molar refractivity (Wildman–Crippen MR) is 87.7 cm³/mol. The Morgan fingerprint density at radius 2 is 2.24 bits per heavy atom. The van der Waals surface area contributed by atoms with Crippen LogP contribution in [0.15, 0.2) is 6.07 Å². The van der Waals surface area contributed by atoms with E-state index in [1.165, 1.54) is 30.8 Å². The second-order valence-electron chi connectivity index (χ2n) is 5.83.